The molecule has 4 rings (SSSR count). The first-order valence-corrected chi connectivity index (χ1v) is 15.2. The Balaban J connectivity index is 1.51. The van der Waals surface area contributed by atoms with Crippen LogP contribution in [-0.4, -0.2) is 53.2 Å². The van der Waals surface area contributed by atoms with Crippen molar-refractivity contribution >= 4 is 51.5 Å². The molecule has 0 saturated heterocycles. The van der Waals surface area contributed by atoms with Gasteiger partial charge in [-0.15, -0.1) is 4.36 Å². The molecule has 1 atom stereocenters. The lowest BCUT2D eigenvalue weighted by Crippen LogP contribution is -2.21. The molecule has 0 fully saturated rings. The number of anilines is 5. The smallest absolute Gasteiger partial charge is 0.441 e. The molecule has 254 valence electrons. The quantitative estimate of drug-likeness (QED) is 0.0630. The number of carbonyl (C=O) groups excluding carboxylic acids is 2. The maximum absolute atomic E-state index is 15.1. The van der Waals surface area contributed by atoms with Crippen molar-refractivity contribution in [3.63, 3.8) is 0 Å². The summed E-state index contributed by atoms with van der Waals surface area (Å²) in [6, 6.07) is 10.2. The Morgan fingerprint density at radius 1 is 0.958 bits per heavy atom. The number of carbonyl (C=O) groups is 2. The summed E-state index contributed by atoms with van der Waals surface area (Å²) in [6.45, 7) is 2.33. The van der Waals surface area contributed by atoms with Gasteiger partial charge in [0.05, 0.1) is 40.7 Å². The number of nitrogens with zero attached hydrogens (tertiary/aromatic N) is 3. The van der Waals surface area contributed by atoms with Gasteiger partial charge in [-0.05, 0) is 67.1 Å². The summed E-state index contributed by atoms with van der Waals surface area (Å²) >= 11 is 0. The number of amides is 3. The minimum atomic E-state index is -4.77. The second-order valence-electron chi connectivity index (χ2n) is 9.59. The molecule has 0 aliphatic carbocycles. The molecule has 0 aliphatic rings. The van der Waals surface area contributed by atoms with Crippen molar-refractivity contribution in [2.24, 2.45) is 4.36 Å². The molecule has 4 N–H and O–H groups in total. The van der Waals surface area contributed by atoms with E-state index in [4.69, 9.17) is 4.74 Å². The normalized spacial score (nSPS) is 11.9. The van der Waals surface area contributed by atoms with Crippen molar-refractivity contribution in [3.8, 4) is 11.1 Å². The molecule has 1 unspecified atom stereocenters. The number of ether oxygens (including phenoxy) is 2. The molecule has 3 aromatic carbocycles. The third-order valence-corrected chi connectivity index (χ3v) is 7.33. The highest BCUT2D eigenvalue weighted by Gasteiger charge is 2.31. The van der Waals surface area contributed by atoms with E-state index >= 15 is 4.39 Å². The van der Waals surface area contributed by atoms with Gasteiger partial charge in [-0.1, -0.05) is 6.07 Å². The zero-order valence-corrected chi connectivity index (χ0v) is 26.1. The number of hydrogen-bond donors (Lipinski definition) is 5. The van der Waals surface area contributed by atoms with E-state index < -0.39 is 51.8 Å². The van der Waals surface area contributed by atoms with Crippen LogP contribution >= 0.6 is 0 Å². The summed E-state index contributed by atoms with van der Waals surface area (Å²) in [7, 11) is -0.855. The average molecular weight is 694 g/mol. The number of methoxy groups -OCH3 is 1. The molecule has 4 aromatic rings. The van der Waals surface area contributed by atoms with Crippen molar-refractivity contribution in [2.75, 3.05) is 48.1 Å². The first-order chi connectivity index (χ1) is 22.9. The van der Waals surface area contributed by atoms with E-state index in [0.29, 0.717) is 53.1 Å². The van der Waals surface area contributed by atoms with E-state index in [2.05, 4.69) is 35.0 Å². The highest BCUT2D eigenvalue weighted by molar-refractivity contribution is 7.75. The standard InChI is InChI=1S/C30H28F5N7O5S/c1-3-47-29(44)42-48(45)20-8-6-19(7-9-20)38-27-37-16-21(26(41-27)36-12-13-46-2)17-4-11-24(23(32)14-17)39-28(43)40-25-15-18(30(33,34)35)5-10-22(25)31/h4-11,14-16,48H,3,12-13H2,1-2H3,(H2,39,40,43)(H2,36,37,38,41). The van der Waals surface area contributed by atoms with Gasteiger partial charge in [0.1, 0.15) is 17.5 Å². The van der Waals surface area contributed by atoms with Crippen LogP contribution in [0, 0.1) is 11.6 Å². The highest BCUT2D eigenvalue weighted by Crippen LogP contribution is 2.33. The van der Waals surface area contributed by atoms with Gasteiger partial charge in [-0.2, -0.15) is 18.2 Å². The maximum Gasteiger partial charge on any atom is 0.441 e. The van der Waals surface area contributed by atoms with Crippen LogP contribution in [0.5, 0.6) is 0 Å². The Bertz CT molecular complexity index is 1870. The summed E-state index contributed by atoms with van der Waals surface area (Å²) in [4.78, 5) is 32.9. The number of aromatic nitrogens is 2. The summed E-state index contributed by atoms with van der Waals surface area (Å²) in [5.41, 5.74) is -1.08. The van der Waals surface area contributed by atoms with E-state index in [1.807, 2.05) is 5.32 Å². The van der Waals surface area contributed by atoms with Crippen molar-refractivity contribution in [1.29, 1.82) is 0 Å². The molecule has 1 aromatic heterocycles. The molecule has 0 radical (unpaired) electrons. The lowest BCUT2D eigenvalue weighted by atomic mass is 10.1. The fraction of sp³-hybridized carbons (Fsp3) is 0.200. The van der Waals surface area contributed by atoms with Gasteiger partial charge < -0.3 is 30.7 Å². The topological polar surface area (TPSA) is 156 Å². The molecule has 0 spiro atoms. The van der Waals surface area contributed by atoms with E-state index in [9.17, 15) is 31.4 Å². The number of halogens is 5. The van der Waals surface area contributed by atoms with Crippen LogP contribution in [0.1, 0.15) is 12.5 Å². The first-order valence-electron chi connectivity index (χ1n) is 13.9. The molecule has 0 bridgehead atoms. The third kappa shape index (κ3) is 9.58. The number of alkyl halides is 3. The van der Waals surface area contributed by atoms with Gasteiger partial charge in [0.2, 0.25) is 5.95 Å². The Hall–Kier alpha value is -5.36. The zero-order chi connectivity index (χ0) is 34.8. The Kier molecular flexibility index (Phi) is 11.8. The summed E-state index contributed by atoms with van der Waals surface area (Å²) in [5.74, 6) is -1.60. The molecule has 0 aliphatic heterocycles. The molecule has 12 nitrogen and oxygen atoms in total. The van der Waals surface area contributed by atoms with Crippen LogP contribution in [0.4, 0.5) is 60.4 Å². The third-order valence-electron chi connectivity index (χ3n) is 6.24. The zero-order valence-electron chi connectivity index (χ0n) is 25.2. The molecule has 3 amide bonds. The van der Waals surface area contributed by atoms with Gasteiger partial charge in [-0.25, -0.2) is 27.6 Å². The lowest BCUT2D eigenvalue weighted by molar-refractivity contribution is -0.137. The minimum Gasteiger partial charge on any atom is -0.448 e. The van der Waals surface area contributed by atoms with Crippen LogP contribution < -0.4 is 21.3 Å². The number of benzene rings is 3. The molecule has 1 heterocycles. The van der Waals surface area contributed by atoms with Crippen molar-refractivity contribution in [2.45, 2.75) is 18.0 Å². The fourth-order valence-electron chi connectivity index (χ4n) is 4.00. The minimum absolute atomic E-state index is 0.101. The van der Waals surface area contributed by atoms with E-state index in [1.165, 1.54) is 37.6 Å². The molecule has 48 heavy (non-hydrogen) atoms. The van der Waals surface area contributed by atoms with Crippen LogP contribution in [-0.2, 0) is 26.2 Å². The lowest BCUT2D eigenvalue weighted by Gasteiger charge is -2.15. The number of hydrogen-bond acceptors (Lipinski definition) is 9. The maximum atomic E-state index is 15.1. The van der Waals surface area contributed by atoms with Gasteiger partial charge >= 0.3 is 18.3 Å². The van der Waals surface area contributed by atoms with Crippen LogP contribution in [0.15, 0.2) is 76.1 Å². The Morgan fingerprint density at radius 2 is 1.69 bits per heavy atom. The predicted molar refractivity (Wildman–Crippen MR) is 169 cm³/mol. The number of thiol groups is 1. The summed E-state index contributed by atoms with van der Waals surface area (Å²) < 4.78 is 93.7. The fourth-order valence-corrected chi connectivity index (χ4v) is 4.73. The van der Waals surface area contributed by atoms with Crippen LogP contribution in [0.2, 0.25) is 0 Å². The van der Waals surface area contributed by atoms with Crippen LogP contribution in [0.3, 0.4) is 0 Å². The second kappa shape index (κ2) is 16.0. The number of rotatable bonds is 11. The molecule has 18 heteroatoms. The molecule has 0 saturated carbocycles. The van der Waals surface area contributed by atoms with Gasteiger partial charge in [-0.3, -0.25) is 0 Å². The highest BCUT2D eigenvalue weighted by atomic mass is 32.2. The first kappa shape index (κ1) is 35.5. The average Bonchev–Trinajstić information content (AvgIpc) is 3.03. The van der Waals surface area contributed by atoms with Crippen molar-refractivity contribution < 1.29 is 45.2 Å². The van der Waals surface area contributed by atoms with Gasteiger partial charge in [0, 0.05) is 36.0 Å². The molecular formula is C30H28F5N7O5S. The van der Waals surface area contributed by atoms with Crippen LogP contribution in [0.25, 0.3) is 11.1 Å². The van der Waals surface area contributed by atoms with E-state index in [0.717, 1.165) is 6.07 Å². The van der Waals surface area contributed by atoms with Crippen molar-refractivity contribution in [3.05, 3.63) is 84.1 Å². The van der Waals surface area contributed by atoms with E-state index in [-0.39, 0.29) is 24.1 Å². The predicted octanol–water partition coefficient (Wildman–Crippen LogP) is 7.07. The largest absolute Gasteiger partial charge is 0.448 e. The number of urea groups is 1. The SMILES string of the molecule is CCOC(=O)N=[SH](=O)c1ccc(Nc2ncc(-c3ccc(NC(=O)Nc4cc(C(F)(F)F)ccc4F)c(F)c3)c(NCCOC)n2)cc1. The molecular weight excluding hydrogens is 665 g/mol. The second-order valence-corrected chi connectivity index (χ2v) is 10.8. The van der Waals surface area contributed by atoms with E-state index in [1.54, 1.807) is 19.1 Å². The summed E-state index contributed by atoms with van der Waals surface area (Å²) in [5, 5.41) is 10.2. The summed E-state index contributed by atoms with van der Waals surface area (Å²) in [6.07, 6.45) is -4.28. The van der Waals surface area contributed by atoms with Gasteiger partial charge in [0.25, 0.3) is 0 Å². The monoisotopic (exact) mass is 693 g/mol. The number of nitrogens with one attached hydrogen (secondary N) is 4. The van der Waals surface area contributed by atoms with Gasteiger partial charge in [0.15, 0.2) is 0 Å². The Morgan fingerprint density at radius 3 is 2.35 bits per heavy atom. The Labute approximate surface area is 272 Å². The van der Waals surface area contributed by atoms with Crippen molar-refractivity contribution in [1.82, 2.24) is 9.97 Å².